The molecule has 0 spiro atoms. The van der Waals surface area contributed by atoms with Gasteiger partial charge in [-0.2, -0.15) is 5.26 Å². The number of carboxylic acids is 1. The van der Waals surface area contributed by atoms with Crippen LogP contribution in [-0.2, 0) is 16.8 Å². The summed E-state index contributed by atoms with van der Waals surface area (Å²) in [5.74, 6) is -2.48. The molecule has 3 aromatic rings. The first kappa shape index (κ1) is 32.8. The minimum absolute atomic E-state index is 0.121. The zero-order valence-corrected chi connectivity index (χ0v) is 24.0. The van der Waals surface area contributed by atoms with Gasteiger partial charge in [0.25, 0.3) is 5.91 Å². The monoisotopic (exact) mass is 624 g/mol. The number of nitrogens with zero attached hydrogens (tertiary/aromatic N) is 2. The van der Waals surface area contributed by atoms with Crippen molar-refractivity contribution in [1.82, 2.24) is 10.2 Å². The van der Waals surface area contributed by atoms with Crippen LogP contribution < -0.4 is 15.4 Å². The van der Waals surface area contributed by atoms with Gasteiger partial charge in [0.15, 0.2) is 6.10 Å². The summed E-state index contributed by atoms with van der Waals surface area (Å²) >= 11 is 0. The predicted molar refractivity (Wildman–Crippen MR) is 156 cm³/mol. The number of carboxylic acid groups (broad SMARTS) is 1. The van der Waals surface area contributed by atoms with Crippen molar-refractivity contribution in [1.29, 1.82) is 5.26 Å². The van der Waals surface area contributed by atoms with Crippen LogP contribution in [0, 0.1) is 11.3 Å². The number of nitriles is 1. The van der Waals surface area contributed by atoms with Crippen molar-refractivity contribution in [3.63, 3.8) is 0 Å². The van der Waals surface area contributed by atoms with Gasteiger partial charge in [-0.3, -0.25) is 4.79 Å². The summed E-state index contributed by atoms with van der Waals surface area (Å²) in [6.07, 6.45) is -4.55. The molecule has 0 radical (unpaired) electrons. The van der Waals surface area contributed by atoms with E-state index in [1.165, 1.54) is 24.3 Å². The Morgan fingerprint density at radius 1 is 1.00 bits per heavy atom. The highest BCUT2D eigenvalue weighted by Crippen LogP contribution is 2.41. The molecule has 1 atom stereocenters. The third-order valence-electron chi connectivity index (χ3n) is 7.70. The van der Waals surface area contributed by atoms with E-state index in [1.807, 2.05) is 30.3 Å². The van der Waals surface area contributed by atoms with Crippen molar-refractivity contribution < 1.29 is 42.5 Å². The fraction of sp³-hybridized carbons (Fsp3) is 0.312. The van der Waals surface area contributed by atoms with Crippen LogP contribution in [0.3, 0.4) is 0 Å². The highest BCUT2D eigenvalue weighted by atomic mass is 19.4. The van der Waals surface area contributed by atoms with Gasteiger partial charge in [-0.1, -0.05) is 42.5 Å². The SMILES string of the molecule is N#CC1(c2ccccc2)CCC(N(Cc2ccc(C(=O)NC[C@@H](O)C(=O)O)cc2)C(=O)Nc2ccc(OC(F)(F)F)cc2)CC1. The molecule has 236 valence electrons. The quantitative estimate of drug-likeness (QED) is 0.242. The summed E-state index contributed by atoms with van der Waals surface area (Å²) in [7, 11) is 0. The molecule has 1 fully saturated rings. The van der Waals surface area contributed by atoms with Gasteiger partial charge in [0.1, 0.15) is 5.75 Å². The lowest BCUT2D eigenvalue weighted by molar-refractivity contribution is -0.274. The maximum absolute atomic E-state index is 13.6. The minimum atomic E-state index is -4.85. The number of ether oxygens (including phenoxy) is 1. The number of amides is 3. The fourth-order valence-corrected chi connectivity index (χ4v) is 5.27. The standard InChI is InChI=1S/C32H31F3N4O6/c33-32(34,35)45-26-12-10-24(11-13-26)38-30(44)39(25-14-16-31(20-36,17-15-25)23-4-2-1-3-5-23)19-21-6-8-22(9-7-21)28(41)37-18-27(40)29(42)43/h1-13,25,27,40H,14-19H2,(H,37,41)(H,38,44)(H,42,43)/t25?,27-,31?/m1/s1. The molecular formula is C32H31F3N4O6. The Morgan fingerprint density at radius 2 is 1.62 bits per heavy atom. The van der Waals surface area contributed by atoms with Crippen LogP contribution in [0.1, 0.15) is 47.2 Å². The van der Waals surface area contributed by atoms with Crippen LogP contribution in [0.25, 0.3) is 0 Å². The lowest BCUT2D eigenvalue weighted by Gasteiger charge is -2.40. The van der Waals surface area contributed by atoms with E-state index in [0.29, 0.717) is 31.2 Å². The van der Waals surface area contributed by atoms with Crippen LogP contribution in [0.5, 0.6) is 5.75 Å². The van der Waals surface area contributed by atoms with Crippen LogP contribution in [0.15, 0.2) is 78.9 Å². The number of alkyl halides is 3. The third-order valence-corrected chi connectivity index (χ3v) is 7.70. The van der Waals surface area contributed by atoms with E-state index >= 15 is 0 Å². The third kappa shape index (κ3) is 8.73. The number of anilines is 1. The second-order valence-electron chi connectivity index (χ2n) is 10.7. The maximum Gasteiger partial charge on any atom is 0.573 e. The van der Waals surface area contributed by atoms with Crippen LogP contribution in [-0.4, -0.2) is 58.1 Å². The van der Waals surface area contributed by atoms with Gasteiger partial charge < -0.3 is 30.5 Å². The van der Waals surface area contributed by atoms with Gasteiger partial charge in [-0.25, -0.2) is 9.59 Å². The van der Waals surface area contributed by atoms with Crippen LogP contribution in [0.2, 0.25) is 0 Å². The molecule has 1 aliphatic carbocycles. The van der Waals surface area contributed by atoms with Gasteiger partial charge >= 0.3 is 18.4 Å². The second kappa shape index (κ2) is 14.1. The number of hydrogen-bond donors (Lipinski definition) is 4. The molecule has 0 heterocycles. The summed E-state index contributed by atoms with van der Waals surface area (Å²) in [6, 6.07) is 22.2. The predicted octanol–water partition coefficient (Wildman–Crippen LogP) is 5.20. The average Bonchev–Trinajstić information content (AvgIpc) is 3.03. The summed E-state index contributed by atoms with van der Waals surface area (Å²) in [4.78, 5) is 38.4. The van der Waals surface area contributed by atoms with Crippen molar-refractivity contribution in [2.75, 3.05) is 11.9 Å². The topological polar surface area (TPSA) is 152 Å². The minimum Gasteiger partial charge on any atom is -0.479 e. The number of benzene rings is 3. The van der Waals surface area contributed by atoms with Gasteiger partial charge in [0.2, 0.25) is 0 Å². The number of hydrogen-bond acceptors (Lipinski definition) is 6. The zero-order chi connectivity index (χ0) is 32.6. The molecular weight excluding hydrogens is 593 g/mol. The molecule has 10 nitrogen and oxygen atoms in total. The Morgan fingerprint density at radius 3 is 2.18 bits per heavy atom. The number of carbonyl (C=O) groups excluding carboxylic acids is 2. The normalized spacial score (nSPS) is 18.6. The molecule has 3 aromatic carbocycles. The Bertz CT molecular complexity index is 1520. The van der Waals surface area contributed by atoms with Gasteiger partial charge in [-0.05, 0) is 73.2 Å². The van der Waals surface area contributed by atoms with E-state index < -0.39 is 48.1 Å². The van der Waals surface area contributed by atoms with E-state index in [2.05, 4.69) is 21.4 Å². The number of nitrogens with one attached hydrogen (secondary N) is 2. The Kier molecular flexibility index (Phi) is 10.3. The molecule has 13 heteroatoms. The van der Waals surface area contributed by atoms with Crippen molar-refractivity contribution in [3.05, 3.63) is 95.6 Å². The first-order chi connectivity index (χ1) is 21.4. The molecule has 0 bridgehead atoms. The zero-order valence-electron chi connectivity index (χ0n) is 24.0. The van der Waals surface area contributed by atoms with E-state index in [1.54, 1.807) is 17.0 Å². The second-order valence-corrected chi connectivity index (χ2v) is 10.7. The molecule has 0 aromatic heterocycles. The van der Waals surface area contributed by atoms with Crippen molar-refractivity contribution >= 4 is 23.6 Å². The van der Waals surface area contributed by atoms with E-state index in [-0.39, 0.29) is 23.8 Å². The van der Waals surface area contributed by atoms with Crippen LogP contribution >= 0.6 is 0 Å². The van der Waals surface area contributed by atoms with Crippen molar-refractivity contribution in [3.8, 4) is 11.8 Å². The number of rotatable bonds is 10. The van der Waals surface area contributed by atoms with E-state index in [4.69, 9.17) is 5.11 Å². The Balaban J connectivity index is 1.50. The lowest BCUT2D eigenvalue weighted by Crippen LogP contribution is -2.46. The number of urea groups is 1. The van der Waals surface area contributed by atoms with Crippen molar-refractivity contribution in [2.24, 2.45) is 0 Å². The molecule has 0 unspecified atom stereocenters. The fourth-order valence-electron chi connectivity index (χ4n) is 5.27. The number of aliphatic hydroxyl groups excluding tert-OH is 1. The number of aliphatic carboxylic acids is 1. The molecule has 4 N–H and O–H groups in total. The highest BCUT2D eigenvalue weighted by molar-refractivity contribution is 5.94. The first-order valence-electron chi connectivity index (χ1n) is 14.1. The maximum atomic E-state index is 13.6. The average molecular weight is 625 g/mol. The van der Waals surface area contributed by atoms with E-state index in [0.717, 1.165) is 17.7 Å². The Labute approximate surface area is 257 Å². The summed E-state index contributed by atoms with van der Waals surface area (Å²) in [6.45, 7) is -0.349. The van der Waals surface area contributed by atoms with Crippen LogP contribution in [0.4, 0.5) is 23.7 Å². The summed E-state index contributed by atoms with van der Waals surface area (Å²) < 4.78 is 41.6. The van der Waals surface area contributed by atoms with Gasteiger partial charge in [-0.15, -0.1) is 13.2 Å². The lowest BCUT2D eigenvalue weighted by atomic mass is 9.69. The number of halogens is 3. The molecule has 4 rings (SSSR count). The molecule has 1 saturated carbocycles. The highest BCUT2D eigenvalue weighted by Gasteiger charge is 2.40. The molecule has 0 saturated heterocycles. The summed E-state index contributed by atoms with van der Waals surface area (Å²) in [5.41, 5.74) is 1.35. The van der Waals surface area contributed by atoms with Gasteiger partial charge in [0.05, 0.1) is 18.0 Å². The molecule has 0 aliphatic heterocycles. The van der Waals surface area contributed by atoms with Crippen molar-refractivity contribution in [2.45, 2.75) is 56.2 Å². The number of carbonyl (C=O) groups is 3. The molecule has 3 amide bonds. The first-order valence-corrected chi connectivity index (χ1v) is 14.1. The molecule has 1 aliphatic rings. The van der Waals surface area contributed by atoms with E-state index in [9.17, 15) is 37.9 Å². The molecule has 45 heavy (non-hydrogen) atoms. The Hall–Kier alpha value is -5.09. The summed E-state index contributed by atoms with van der Waals surface area (Å²) in [5, 5.41) is 33.4. The largest absolute Gasteiger partial charge is 0.573 e. The number of aliphatic hydroxyl groups is 1. The smallest absolute Gasteiger partial charge is 0.479 e. The van der Waals surface area contributed by atoms with Gasteiger partial charge in [0, 0.05) is 23.8 Å².